The zero-order chi connectivity index (χ0) is 19.5. The van der Waals surface area contributed by atoms with Crippen LogP contribution in [-0.4, -0.2) is 18.4 Å². The van der Waals surface area contributed by atoms with Gasteiger partial charge in [-0.15, -0.1) is 0 Å². The quantitative estimate of drug-likeness (QED) is 0.539. The predicted octanol–water partition coefficient (Wildman–Crippen LogP) is 3.63. The lowest BCUT2D eigenvalue weighted by Gasteiger charge is -2.08. The number of furan rings is 1. The summed E-state index contributed by atoms with van der Waals surface area (Å²) < 4.78 is 10.9. The minimum Gasteiger partial charge on any atom is -0.484 e. The summed E-state index contributed by atoms with van der Waals surface area (Å²) >= 11 is 0. The zero-order valence-electron chi connectivity index (χ0n) is 15.0. The van der Waals surface area contributed by atoms with Gasteiger partial charge in [0.2, 0.25) is 5.91 Å². The van der Waals surface area contributed by atoms with Crippen molar-refractivity contribution in [1.82, 2.24) is 0 Å². The maximum Gasteiger partial charge on any atom is 0.255 e. The van der Waals surface area contributed by atoms with E-state index < -0.39 is 5.91 Å². The molecule has 6 nitrogen and oxygen atoms in total. The van der Waals surface area contributed by atoms with Gasteiger partial charge in [-0.3, -0.25) is 9.59 Å². The Balaban J connectivity index is 1.54. The summed E-state index contributed by atoms with van der Waals surface area (Å²) in [4.78, 5) is 23.4. The van der Waals surface area contributed by atoms with E-state index in [9.17, 15) is 9.59 Å². The van der Waals surface area contributed by atoms with E-state index in [1.807, 2.05) is 36.4 Å². The third-order valence-electron chi connectivity index (χ3n) is 4.39. The second-order valence-electron chi connectivity index (χ2n) is 6.43. The van der Waals surface area contributed by atoms with Gasteiger partial charge in [0.25, 0.3) is 5.91 Å². The number of carbonyl (C=O) groups is 2. The number of amides is 2. The van der Waals surface area contributed by atoms with E-state index >= 15 is 0 Å². The average Bonchev–Trinajstić information content (AvgIpc) is 3.10. The largest absolute Gasteiger partial charge is 0.484 e. The molecule has 28 heavy (non-hydrogen) atoms. The smallest absolute Gasteiger partial charge is 0.255 e. The van der Waals surface area contributed by atoms with Crippen molar-refractivity contribution in [3.63, 3.8) is 0 Å². The van der Waals surface area contributed by atoms with Crippen LogP contribution in [0.3, 0.4) is 0 Å². The van der Waals surface area contributed by atoms with Crippen LogP contribution in [0.15, 0.2) is 71.3 Å². The zero-order valence-corrected chi connectivity index (χ0v) is 15.0. The molecule has 0 fully saturated rings. The van der Waals surface area contributed by atoms with Gasteiger partial charge in [-0.2, -0.15) is 0 Å². The summed E-state index contributed by atoms with van der Waals surface area (Å²) in [7, 11) is 0. The summed E-state index contributed by atoms with van der Waals surface area (Å²) in [6.45, 7) is -0.217. The van der Waals surface area contributed by atoms with Crippen LogP contribution in [-0.2, 0) is 16.0 Å². The molecule has 0 saturated carbocycles. The summed E-state index contributed by atoms with van der Waals surface area (Å²) in [6, 6.07) is 18.7. The van der Waals surface area contributed by atoms with Gasteiger partial charge >= 0.3 is 0 Å². The summed E-state index contributed by atoms with van der Waals surface area (Å²) in [5.74, 6) is -0.285. The molecule has 4 rings (SSSR count). The van der Waals surface area contributed by atoms with Crippen LogP contribution >= 0.6 is 0 Å². The van der Waals surface area contributed by atoms with Crippen molar-refractivity contribution in [2.45, 2.75) is 6.42 Å². The molecule has 0 bridgehead atoms. The van der Waals surface area contributed by atoms with Crippen LogP contribution in [0.4, 0.5) is 5.69 Å². The lowest BCUT2D eigenvalue weighted by molar-refractivity contribution is -0.120. The SMILES string of the molecule is NC(=O)COc1cccc(NC(=O)Cc2coc3ccc4ccccc4c23)c1. The fourth-order valence-corrected chi connectivity index (χ4v) is 3.20. The van der Waals surface area contributed by atoms with E-state index in [1.165, 1.54) is 0 Å². The van der Waals surface area contributed by atoms with Crippen LogP contribution in [0.2, 0.25) is 0 Å². The topological polar surface area (TPSA) is 94.6 Å². The lowest BCUT2D eigenvalue weighted by atomic mass is 10.0. The molecule has 1 heterocycles. The van der Waals surface area contributed by atoms with Gasteiger partial charge in [0.15, 0.2) is 6.61 Å². The number of ether oxygens (including phenoxy) is 1. The molecule has 4 aromatic rings. The van der Waals surface area contributed by atoms with Gasteiger partial charge in [-0.25, -0.2) is 0 Å². The van der Waals surface area contributed by atoms with E-state index in [2.05, 4.69) is 5.32 Å². The number of rotatable bonds is 6. The van der Waals surface area contributed by atoms with Crippen molar-refractivity contribution in [2.24, 2.45) is 5.73 Å². The maximum absolute atomic E-state index is 12.6. The van der Waals surface area contributed by atoms with Crippen LogP contribution in [0, 0.1) is 0 Å². The van der Waals surface area contributed by atoms with E-state index in [-0.39, 0.29) is 18.9 Å². The predicted molar refractivity (Wildman–Crippen MR) is 107 cm³/mol. The van der Waals surface area contributed by atoms with E-state index in [0.29, 0.717) is 11.4 Å². The van der Waals surface area contributed by atoms with Gasteiger partial charge in [0.1, 0.15) is 11.3 Å². The molecular formula is C22H18N2O4. The molecule has 0 aliphatic carbocycles. The van der Waals surface area contributed by atoms with Crippen molar-refractivity contribution in [3.05, 3.63) is 72.5 Å². The number of primary amides is 1. The molecule has 2 amide bonds. The number of carbonyl (C=O) groups excluding carboxylic acids is 2. The van der Waals surface area contributed by atoms with Crippen LogP contribution in [0.25, 0.3) is 21.7 Å². The van der Waals surface area contributed by atoms with E-state index in [0.717, 1.165) is 27.3 Å². The number of nitrogens with one attached hydrogen (secondary N) is 1. The number of hydrogen-bond donors (Lipinski definition) is 2. The van der Waals surface area contributed by atoms with Crippen molar-refractivity contribution in [3.8, 4) is 5.75 Å². The third kappa shape index (κ3) is 3.66. The first-order valence-corrected chi connectivity index (χ1v) is 8.79. The standard InChI is InChI=1S/C22H18N2O4/c23-20(25)13-27-17-6-3-5-16(11-17)24-21(26)10-15-12-28-19-9-8-14-4-1-2-7-18(14)22(15)19/h1-9,11-12H,10,13H2,(H2,23,25)(H,24,26). The fraction of sp³-hybridized carbons (Fsp3) is 0.0909. The Bertz CT molecular complexity index is 1180. The van der Waals surface area contributed by atoms with E-state index in [4.69, 9.17) is 14.9 Å². The molecule has 0 saturated heterocycles. The maximum atomic E-state index is 12.6. The Labute approximate surface area is 160 Å². The summed E-state index contributed by atoms with van der Waals surface area (Å²) in [6.07, 6.45) is 1.80. The molecule has 0 aliphatic rings. The highest BCUT2D eigenvalue weighted by atomic mass is 16.5. The van der Waals surface area contributed by atoms with E-state index in [1.54, 1.807) is 30.5 Å². The first-order valence-electron chi connectivity index (χ1n) is 8.79. The van der Waals surface area contributed by atoms with Crippen LogP contribution in [0.1, 0.15) is 5.56 Å². The molecule has 1 aromatic heterocycles. The summed E-state index contributed by atoms with van der Waals surface area (Å²) in [5.41, 5.74) is 7.23. The number of anilines is 1. The molecule has 0 radical (unpaired) electrons. The molecule has 0 aliphatic heterocycles. The van der Waals surface area contributed by atoms with Gasteiger partial charge in [-0.1, -0.05) is 36.4 Å². The highest BCUT2D eigenvalue weighted by molar-refractivity contribution is 6.09. The minimum atomic E-state index is -0.562. The monoisotopic (exact) mass is 374 g/mol. The Morgan fingerprint density at radius 1 is 1.04 bits per heavy atom. The highest BCUT2D eigenvalue weighted by Gasteiger charge is 2.13. The third-order valence-corrected chi connectivity index (χ3v) is 4.39. The molecule has 0 unspecified atom stereocenters. The second-order valence-corrected chi connectivity index (χ2v) is 6.43. The molecular weight excluding hydrogens is 356 g/mol. The molecule has 3 aromatic carbocycles. The molecule has 6 heteroatoms. The van der Waals surface area contributed by atoms with Crippen LogP contribution in [0.5, 0.6) is 5.75 Å². The average molecular weight is 374 g/mol. The van der Waals surface area contributed by atoms with Crippen molar-refractivity contribution in [2.75, 3.05) is 11.9 Å². The number of hydrogen-bond acceptors (Lipinski definition) is 4. The summed E-state index contributed by atoms with van der Waals surface area (Å²) in [5, 5.41) is 5.94. The molecule has 0 spiro atoms. The molecule has 3 N–H and O–H groups in total. The van der Waals surface area contributed by atoms with Crippen LogP contribution < -0.4 is 15.8 Å². The minimum absolute atomic E-state index is 0.174. The lowest BCUT2D eigenvalue weighted by Crippen LogP contribution is -2.20. The fourth-order valence-electron chi connectivity index (χ4n) is 3.20. The first-order chi connectivity index (χ1) is 13.6. The number of benzene rings is 3. The Hall–Kier alpha value is -3.80. The van der Waals surface area contributed by atoms with Crippen molar-refractivity contribution >= 4 is 39.2 Å². The Morgan fingerprint density at radius 2 is 1.89 bits per heavy atom. The highest BCUT2D eigenvalue weighted by Crippen LogP contribution is 2.30. The van der Waals surface area contributed by atoms with Gasteiger partial charge < -0.3 is 20.2 Å². The second kappa shape index (κ2) is 7.44. The van der Waals surface area contributed by atoms with Gasteiger partial charge in [0, 0.05) is 22.7 Å². The Kier molecular flexibility index (Phi) is 4.68. The normalized spacial score (nSPS) is 10.9. The Morgan fingerprint density at radius 3 is 2.75 bits per heavy atom. The van der Waals surface area contributed by atoms with Gasteiger partial charge in [0.05, 0.1) is 12.7 Å². The number of fused-ring (bicyclic) bond motifs is 3. The molecule has 0 atom stereocenters. The van der Waals surface area contributed by atoms with Gasteiger partial charge in [-0.05, 0) is 29.0 Å². The first kappa shape index (κ1) is 17.6. The van der Waals surface area contributed by atoms with Crippen molar-refractivity contribution < 1.29 is 18.7 Å². The van der Waals surface area contributed by atoms with Crippen molar-refractivity contribution in [1.29, 1.82) is 0 Å². The molecule has 140 valence electrons. The number of nitrogens with two attached hydrogens (primary N) is 1.